The number of carbonyl (C=O) groups is 2. The molecule has 2 atom stereocenters. The highest BCUT2D eigenvalue weighted by atomic mass is 16.5. The second kappa shape index (κ2) is 10.8. The fourth-order valence-corrected chi connectivity index (χ4v) is 4.46. The highest BCUT2D eigenvalue weighted by Gasteiger charge is 2.49. The van der Waals surface area contributed by atoms with Gasteiger partial charge in [-0.15, -0.1) is 0 Å². The van der Waals surface area contributed by atoms with E-state index in [2.05, 4.69) is 12.1 Å². The van der Waals surface area contributed by atoms with Crippen molar-refractivity contribution in [3.05, 3.63) is 48.0 Å². The fourth-order valence-electron chi connectivity index (χ4n) is 4.46. The van der Waals surface area contributed by atoms with Gasteiger partial charge >= 0.3 is 5.97 Å². The van der Waals surface area contributed by atoms with Crippen molar-refractivity contribution in [1.29, 1.82) is 0 Å². The van der Waals surface area contributed by atoms with Crippen molar-refractivity contribution in [2.24, 2.45) is 0 Å². The van der Waals surface area contributed by atoms with Crippen LogP contribution in [0.1, 0.15) is 70.3 Å². The third kappa shape index (κ3) is 5.72. The third-order valence-electron chi connectivity index (χ3n) is 6.43. The van der Waals surface area contributed by atoms with Crippen LogP contribution in [0.5, 0.6) is 0 Å². The molecule has 2 unspecified atom stereocenters. The number of hydrogen-bond donors (Lipinski definition) is 1. The summed E-state index contributed by atoms with van der Waals surface area (Å²) in [7, 11) is 0. The zero-order valence-electron chi connectivity index (χ0n) is 18.1. The number of rotatable bonds is 12. The van der Waals surface area contributed by atoms with Gasteiger partial charge in [-0.05, 0) is 44.6 Å². The first-order chi connectivity index (χ1) is 14.6. The summed E-state index contributed by atoms with van der Waals surface area (Å²) in [6.07, 6.45) is 11.1. The zero-order valence-corrected chi connectivity index (χ0v) is 18.1. The number of carbonyl (C=O) groups excluding carboxylic acids is 2. The number of esters is 1. The minimum absolute atomic E-state index is 0.0817. The first-order valence-electron chi connectivity index (χ1n) is 11.4. The standard InChI is InChI=1S/C25H35NO4/c1-2-30-24(29)12-8-3-4-9-19-26-21(14-16-23(26)28)13-15-22(27)25(17-18-25)20-10-6-5-7-11-20/h5-7,10-11,13,15,21-22,27H,2-4,8-9,12,14,16-19H2,1H3. The Balaban J connectivity index is 1.44. The van der Waals surface area contributed by atoms with Gasteiger partial charge in [0, 0.05) is 24.8 Å². The van der Waals surface area contributed by atoms with Gasteiger partial charge in [-0.3, -0.25) is 9.59 Å². The van der Waals surface area contributed by atoms with Gasteiger partial charge in [0.15, 0.2) is 0 Å². The number of ether oxygens (including phenoxy) is 1. The molecule has 2 fully saturated rings. The van der Waals surface area contributed by atoms with Crippen LogP contribution in [0.4, 0.5) is 0 Å². The summed E-state index contributed by atoms with van der Waals surface area (Å²) in [6, 6.07) is 10.3. The van der Waals surface area contributed by atoms with Crippen molar-refractivity contribution in [3.8, 4) is 0 Å². The van der Waals surface area contributed by atoms with E-state index in [0.717, 1.165) is 51.5 Å². The van der Waals surface area contributed by atoms with Crippen molar-refractivity contribution in [1.82, 2.24) is 4.90 Å². The first kappa shape index (κ1) is 22.5. The Hall–Kier alpha value is -2.14. The van der Waals surface area contributed by atoms with E-state index < -0.39 is 6.10 Å². The van der Waals surface area contributed by atoms with E-state index >= 15 is 0 Å². The van der Waals surface area contributed by atoms with Crippen molar-refractivity contribution < 1.29 is 19.4 Å². The lowest BCUT2D eigenvalue weighted by atomic mass is 9.89. The largest absolute Gasteiger partial charge is 0.466 e. The van der Waals surface area contributed by atoms with Gasteiger partial charge in [-0.25, -0.2) is 0 Å². The highest BCUT2D eigenvalue weighted by Crippen LogP contribution is 2.51. The highest BCUT2D eigenvalue weighted by molar-refractivity contribution is 5.79. The van der Waals surface area contributed by atoms with Crippen LogP contribution in [0.3, 0.4) is 0 Å². The van der Waals surface area contributed by atoms with Gasteiger partial charge in [0.05, 0.1) is 18.8 Å². The summed E-state index contributed by atoms with van der Waals surface area (Å²) >= 11 is 0. The molecule has 1 aromatic carbocycles. The maximum absolute atomic E-state index is 12.3. The second-order valence-corrected chi connectivity index (χ2v) is 8.51. The Kier molecular flexibility index (Phi) is 8.08. The smallest absolute Gasteiger partial charge is 0.305 e. The van der Waals surface area contributed by atoms with E-state index in [1.165, 1.54) is 5.56 Å². The maximum atomic E-state index is 12.3. The molecule has 1 aromatic rings. The number of likely N-dealkylation sites (tertiary alicyclic amines) is 1. The molecule has 1 saturated carbocycles. The molecule has 0 spiro atoms. The van der Waals surface area contributed by atoms with Crippen LogP contribution in [-0.2, 0) is 19.7 Å². The Bertz CT molecular complexity index is 726. The topological polar surface area (TPSA) is 66.8 Å². The summed E-state index contributed by atoms with van der Waals surface area (Å²) in [5.74, 6) is 0.0785. The van der Waals surface area contributed by atoms with Gasteiger partial charge < -0.3 is 14.7 Å². The van der Waals surface area contributed by atoms with E-state index in [9.17, 15) is 14.7 Å². The number of unbranched alkanes of at least 4 members (excludes halogenated alkanes) is 3. The van der Waals surface area contributed by atoms with Crippen molar-refractivity contribution in [2.45, 2.75) is 82.3 Å². The van der Waals surface area contributed by atoms with Crippen molar-refractivity contribution >= 4 is 11.9 Å². The molecule has 1 aliphatic carbocycles. The first-order valence-corrected chi connectivity index (χ1v) is 11.4. The van der Waals surface area contributed by atoms with Crippen LogP contribution < -0.4 is 0 Å². The molecule has 1 N–H and O–H groups in total. The minimum Gasteiger partial charge on any atom is -0.466 e. The Morgan fingerprint density at radius 2 is 1.97 bits per heavy atom. The van der Waals surface area contributed by atoms with Crippen LogP contribution in [0.15, 0.2) is 42.5 Å². The van der Waals surface area contributed by atoms with Gasteiger partial charge in [-0.1, -0.05) is 55.3 Å². The van der Waals surface area contributed by atoms with E-state index in [1.54, 1.807) is 0 Å². The zero-order chi connectivity index (χ0) is 21.4. The molecule has 0 bridgehead atoms. The summed E-state index contributed by atoms with van der Waals surface area (Å²) in [6.45, 7) is 3.00. The van der Waals surface area contributed by atoms with E-state index in [0.29, 0.717) is 19.4 Å². The quantitative estimate of drug-likeness (QED) is 0.318. The van der Waals surface area contributed by atoms with E-state index in [1.807, 2.05) is 42.2 Å². The van der Waals surface area contributed by atoms with E-state index in [4.69, 9.17) is 4.74 Å². The van der Waals surface area contributed by atoms with Gasteiger partial charge in [0.1, 0.15) is 0 Å². The van der Waals surface area contributed by atoms with Crippen LogP contribution in [0, 0.1) is 0 Å². The molecule has 30 heavy (non-hydrogen) atoms. The number of aliphatic hydroxyl groups is 1. The normalized spacial score (nSPS) is 21.2. The summed E-state index contributed by atoms with van der Waals surface area (Å²) in [4.78, 5) is 25.6. The lowest BCUT2D eigenvalue weighted by Gasteiger charge is -2.24. The molecule has 2 aliphatic rings. The molecule has 1 amide bonds. The van der Waals surface area contributed by atoms with Crippen LogP contribution in [0.25, 0.3) is 0 Å². The van der Waals surface area contributed by atoms with Crippen molar-refractivity contribution in [3.63, 3.8) is 0 Å². The number of benzene rings is 1. The molecule has 5 heteroatoms. The number of amides is 1. The van der Waals surface area contributed by atoms with Crippen molar-refractivity contribution in [2.75, 3.05) is 13.2 Å². The third-order valence-corrected chi connectivity index (χ3v) is 6.43. The second-order valence-electron chi connectivity index (χ2n) is 8.51. The van der Waals surface area contributed by atoms with Crippen LogP contribution in [-0.4, -0.2) is 47.2 Å². The number of hydrogen-bond acceptors (Lipinski definition) is 4. The van der Waals surface area contributed by atoms with Crippen LogP contribution >= 0.6 is 0 Å². The minimum atomic E-state index is -0.514. The maximum Gasteiger partial charge on any atom is 0.305 e. The Morgan fingerprint density at radius 1 is 1.23 bits per heavy atom. The summed E-state index contributed by atoms with van der Waals surface area (Å²) in [5, 5.41) is 10.8. The molecule has 1 heterocycles. The molecule has 3 rings (SSSR count). The van der Waals surface area contributed by atoms with Gasteiger partial charge in [0.2, 0.25) is 5.91 Å². The van der Waals surface area contributed by atoms with Gasteiger partial charge in [0.25, 0.3) is 0 Å². The average molecular weight is 414 g/mol. The number of aliphatic hydroxyl groups excluding tert-OH is 1. The Labute approximate surface area is 180 Å². The van der Waals surface area contributed by atoms with Gasteiger partial charge in [-0.2, -0.15) is 0 Å². The van der Waals surface area contributed by atoms with Crippen LogP contribution in [0.2, 0.25) is 0 Å². The van der Waals surface area contributed by atoms with E-state index in [-0.39, 0.29) is 23.3 Å². The molecule has 0 aromatic heterocycles. The summed E-state index contributed by atoms with van der Waals surface area (Å²) < 4.78 is 4.94. The molecular formula is C25H35NO4. The Morgan fingerprint density at radius 3 is 2.67 bits per heavy atom. The number of nitrogens with zero attached hydrogens (tertiary/aromatic N) is 1. The predicted octanol–water partition coefficient (Wildman–Crippen LogP) is 4.14. The molecule has 1 saturated heterocycles. The lowest BCUT2D eigenvalue weighted by molar-refractivity contribution is -0.143. The molecule has 5 nitrogen and oxygen atoms in total. The average Bonchev–Trinajstić information content (AvgIpc) is 3.49. The molecule has 164 valence electrons. The molecular weight excluding hydrogens is 378 g/mol. The lowest BCUT2D eigenvalue weighted by Crippen LogP contribution is -2.33. The monoisotopic (exact) mass is 413 g/mol. The summed E-state index contributed by atoms with van der Waals surface area (Å²) in [5.41, 5.74) is 1.05. The molecule has 1 aliphatic heterocycles. The molecule has 0 radical (unpaired) electrons. The SMILES string of the molecule is CCOC(=O)CCCCCCN1C(=O)CCC1C=CC(O)C1(c2ccccc2)CC1. The fraction of sp³-hybridized carbons (Fsp3) is 0.600. The predicted molar refractivity (Wildman–Crippen MR) is 117 cm³/mol.